The molecule has 5 heteroatoms. The minimum atomic E-state index is 0.295. The third-order valence-corrected chi connectivity index (χ3v) is 6.54. The average molecular weight is 260 g/mol. The SMILES string of the molecule is CC1SCCSC1C(NN)c1ccsc1. The number of thiophene rings is 1. The summed E-state index contributed by atoms with van der Waals surface area (Å²) in [6.07, 6.45) is 0. The number of hydrazine groups is 1. The Labute approximate surface area is 103 Å². The molecule has 3 unspecified atom stereocenters. The highest BCUT2D eigenvalue weighted by Gasteiger charge is 2.30. The van der Waals surface area contributed by atoms with E-state index >= 15 is 0 Å². The molecule has 2 nitrogen and oxygen atoms in total. The van der Waals surface area contributed by atoms with Crippen LogP contribution in [0.5, 0.6) is 0 Å². The largest absolute Gasteiger partial charge is 0.271 e. The average Bonchev–Trinajstić information content (AvgIpc) is 2.75. The Kier molecular flexibility index (Phi) is 4.40. The lowest BCUT2D eigenvalue weighted by atomic mass is 10.1. The molecule has 3 N–H and O–H groups in total. The summed E-state index contributed by atoms with van der Waals surface area (Å²) >= 11 is 5.83. The van der Waals surface area contributed by atoms with Crippen LogP contribution >= 0.6 is 34.9 Å². The smallest absolute Gasteiger partial charge is 0.0597 e. The predicted molar refractivity (Wildman–Crippen MR) is 72.5 cm³/mol. The van der Waals surface area contributed by atoms with Gasteiger partial charge in [0, 0.05) is 22.0 Å². The van der Waals surface area contributed by atoms with Gasteiger partial charge in [-0.1, -0.05) is 6.92 Å². The molecule has 1 aromatic heterocycles. The summed E-state index contributed by atoms with van der Waals surface area (Å²) in [4.78, 5) is 0. The van der Waals surface area contributed by atoms with Crippen LogP contribution in [-0.4, -0.2) is 22.0 Å². The number of rotatable bonds is 3. The van der Waals surface area contributed by atoms with Crippen molar-refractivity contribution < 1.29 is 0 Å². The third kappa shape index (κ3) is 2.71. The quantitative estimate of drug-likeness (QED) is 0.647. The van der Waals surface area contributed by atoms with Crippen molar-refractivity contribution in [1.29, 1.82) is 0 Å². The molecule has 0 aromatic carbocycles. The highest BCUT2D eigenvalue weighted by Crippen LogP contribution is 2.38. The van der Waals surface area contributed by atoms with Gasteiger partial charge in [-0.25, -0.2) is 0 Å². The highest BCUT2D eigenvalue weighted by atomic mass is 32.2. The van der Waals surface area contributed by atoms with E-state index in [0.717, 1.165) is 0 Å². The second kappa shape index (κ2) is 5.59. The van der Waals surface area contributed by atoms with Crippen molar-refractivity contribution in [2.24, 2.45) is 5.84 Å². The summed E-state index contributed by atoms with van der Waals surface area (Å²) in [6, 6.07) is 2.46. The first-order valence-electron chi connectivity index (χ1n) is 5.04. The molecule has 84 valence electrons. The fourth-order valence-corrected chi connectivity index (χ4v) is 5.48. The van der Waals surface area contributed by atoms with Gasteiger partial charge in [0.1, 0.15) is 0 Å². The van der Waals surface area contributed by atoms with E-state index in [2.05, 4.69) is 40.9 Å². The van der Waals surface area contributed by atoms with Gasteiger partial charge in [0.25, 0.3) is 0 Å². The van der Waals surface area contributed by atoms with Gasteiger partial charge in [0.2, 0.25) is 0 Å². The standard InChI is InChI=1S/C10H16N2S3/c1-7-10(15-5-4-14-7)9(12-11)8-2-3-13-6-8/h2-3,6-7,9-10,12H,4-5,11H2,1H3. The zero-order valence-electron chi connectivity index (χ0n) is 8.68. The van der Waals surface area contributed by atoms with Gasteiger partial charge < -0.3 is 0 Å². The van der Waals surface area contributed by atoms with Crippen LogP contribution in [0.15, 0.2) is 16.8 Å². The van der Waals surface area contributed by atoms with Gasteiger partial charge >= 0.3 is 0 Å². The number of hydrogen-bond acceptors (Lipinski definition) is 5. The first-order valence-corrected chi connectivity index (χ1v) is 8.08. The first-order chi connectivity index (χ1) is 7.33. The van der Waals surface area contributed by atoms with E-state index in [-0.39, 0.29) is 0 Å². The summed E-state index contributed by atoms with van der Waals surface area (Å²) in [6.45, 7) is 2.30. The molecule has 2 rings (SSSR count). The lowest BCUT2D eigenvalue weighted by Gasteiger charge is -2.33. The summed E-state index contributed by atoms with van der Waals surface area (Å²) in [5.74, 6) is 8.19. The van der Waals surface area contributed by atoms with E-state index in [0.29, 0.717) is 16.5 Å². The molecule has 1 saturated heterocycles. The Balaban J connectivity index is 2.11. The number of nitrogens with two attached hydrogens (primary N) is 1. The topological polar surface area (TPSA) is 38.0 Å². The molecule has 0 aliphatic carbocycles. The van der Waals surface area contributed by atoms with Crippen LogP contribution in [0.25, 0.3) is 0 Å². The molecule has 1 aliphatic heterocycles. The van der Waals surface area contributed by atoms with Crippen molar-refractivity contribution in [2.45, 2.75) is 23.5 Å². The van der Waals surface area contributed by atoms with Crippen molar-refractivity contribution in [2.75, 3.05) is 11.5 Å². The minimum absolute atomic E-state index is 0.295. The summed E-state index contributed by atoms with van der Waals surface area (Å²) in [5, 5.41) is 5.57. The fourth-order valence-electron chi connectivity index (χ4n) is 1.85. The van der Waals surface area contributed by atoms with Crippen LogP contribution in [0.1, 0.15) is 18.5 Å². The minimum Gasteiger partial charge on any atom is -0.271 e. The maximum atomic E-state index is 5.69. The molecule has 0 bridgehead atoms. The zero-order valence-corrected chi connectivity index (χ0v) is 11.1. The molecule has 0 spiro atoms. The van der Waals surface area contributed by atoms with E-state index < -0.39 is 0 Å². The van der Waals surface area contributed by atoms with Gasteiger partial charge in [0.15, 0.2) is 0 Å². The van der Waals surface area contributed by atoms with E-state index in [1.54, 1.807) is 11.3 Å². The van der Waals surface area contributed by atoms with Crippen LogP contribution < -0.4 is 11.3 Å². The Morgan fingerprint density at radius 1 is 1.47 bits per heavy atom. The van der Waals surface area contributed by atoms with Crippen LogP contribution in [-0.2, 0) is 0 Å². The summed E-state index contributed by atoms with van der Waals surface area (Å²) < 4.78 is 0. The summed E-state index contributed by atoms with van der Waals surface area (Å²) in [7, 11) is 0. The third-order valence-electron chi connectivity index (χ3n) is 2.65. The lowest BCUT2D eigenvalue weighted by Crippen LogP contribution is -2.40. The van der Waals surface area contributed by atoms with Crippen molar-refractivity contribution in [1.82, 2.24) is 5.43 Å². The predicted octanol–water partition coefficient (Wildman–Crippen LogP) is 2.49. The van der Waals surface area contributed by atoms with Crippen molar-refractivity contribution in [3.63, 3.8) is 0 Å². The van der Waals surface area contributed by atoms with Gasteiger partial charge in [0.05, 0.1) is 6.04 Å². The van der Waals surface area contributed by atoms with Crippen molar-refractivity contribution >= 4 is 34.9 Å². The van der Waals surface area contributed by atoms with Crippen molar-refractivity contribution in [3.05, 3.63) is 22.4 Å². The van der Waals surface area contributed by atoms with Crippen LogP contribution in [0.2, 0.25) is 0 Å². The number of thioether (sulfide) groups is 2. The molecule has 3 atom stereocenters. The molecule has 15 heavy (non-hydrogen) atoms. The maximum Gasteiger partial charge on any atom is 0.0597 e. The molecular weight excluding hydrogens is 244 g/mol. The highest BCUT2D eigenvalue weighted by molar-refractivity contribution is 8.07. The number of hydrogen-bond donors (Lipinski definition) is 2. The van der Waals surface area contributed by atoms with E-state index in [4.69, 9.17) is 5.84 Å². The Hall–Kier alpha value is 0.320. The van der Waals surface area contributed by atoms with E-state index in [9.17, 15) is 0 Å². The first kappa shape index (κ1) is 11.8. The Morgan fingerprint density at radius 3 is 2.87 bits per heavy atom. The van der Waals surface area contributed by atoms with Crippen LogP contribution in [0.3, 0.4) is 0 Å². The molecular formula is C10H16N2S3. The maximum absolute atomic E-state index is 5.69. The monoisotopic (exact) mass is 260 g/mol. The van der Waals surface area contributed by atoms with Gasteiger partial charge in [-0.2, -0.15) is 34.9 Å². The lowest BCUT2D eigenvalue weighted by molar-refractivity contribution is 0.528. The zero-order chi connectivity index (χ0) is 10.7. The second-order valence-electron chi connectivity index (χ2n) is 3.61. The fraction of sp³-hybridized carbons (Fsp3) is 0.600. The van der Waals surface area contributed by atoms with Crippen LogP contribution in [0, 0.1) is 0 Å². The van der Waals surface area contributed by atoms with Gasteiger partial charge in [-0.3, -0.25) is 11.3 Å². The van der Waals surface area contributed by atoms with Gasteiger partial charge in [-0.15, -0.1) is 0 Å². The Bertz CT molecular complexity index is 289. The summed E-state index contributed by atoms with van der Waals surface area (Å²) in [5.41, 5.74) is 4.31. The molecule has 1 fully saturated rings. The molecule has 0 saturated carbocycles. The second-order valence-corrected chi connectivity index (χ2v) is 7.16. The van der Waals surface area contributed by atoms with Crippen molar-refractivity contribution in [3.8, 4) is 0 Å². The number of nitrogens with one attached hydrogen (secondary N) is 1. The molecule has 1 aliphatic rings. The van der Waals surface area contributed by atoms with E-state index in [1.165, 1.54) is 17.1 Å². The molecule has 0 radical (unpaired) electrons. The van der Waals surface area contributed by atoms with Gasteiger partial charge in [-0.05, 0) is 22.4 Å². The Morgan fingerprint density at radius 2 is 2.27 bits per heavy atom. The van der Waals surface area contributed by atoms with Crippen LogP contribution in [0.4, 0.5) is 0 Å². The molecule has 2 heterocycles. The molecule has 0 amide bonds. The van der Waals surface area contributed by atoms with E-state index in [1.807, 2.05) is 11.8 Å². The molecule has 1 aromatic rings. The normalized spacial score (nSPS) is 28.9.